The maximum Gasteiger partial charge on any atom is 0.305 e. The third-order valence-electron chi connectivity index (χ3n) is 4.71. The molecule has 3 heteroatoms. The number of carbonyl (C=O) groups excluding carboxylic acids is 1. The fourth-order valence-electron chi connectivity index (χ4n) is 3.64. The van der Waals surface area contributed by atoms with Crippen molar-refractivity contribution in [2.75, 3.05) is 7.11 Å². The van der Waals surface area contributed by atoms with Gasteiger partial charge in [0.2, 0.25) is 0 Å². The van der Waals surface area contributed by atoms with E-state index < -0.39 is 0 Å². The summed E-state index contributed by atoms with van der Waals surface area (Å²) in [6, 6.07) is 0.434. The molecule has 2 fully saturated rings. The van der Waals surface area contributed by atoms with Gasteiger partial charge in [-0.25, -0.2) is 0 Å². The molecule has 0 heterocycles. The maximum absolute atomic E-state index is 10.9. The lowest BCUT2D eigenvalue weighted by Gasteiger charge is -2.27. The molecule has 0 aromatic heterocycles. The van der Waals surface area contributed by atoms with Gasteiger partial charge in [-0.3, -0.25) is 4.79 Å². The molecule has 0 saturated heterocycles. The van der Waals surface area contributed by atoms with Gasteiger partial charge < -0.3 is 10.5 Å². The normalized spacial score (nSPS) is 34.3. The van der Waals surface area contributed by atoms with Crippen molar-refractivity contribution in [3.63, 3.8) is 0 Å². The smallest absolute Gasteiger partial charge is 0.305 e. The van der Waals surface area contributed by atoms with Gasteiger partial charge in [0.05, 0.1) is 7.11 Å². The molecule has 4 atom stereocenters. The van der Waals surface area contributed by atoms with Gasteiger partial charge in [-0.15, -0.1) is 0 Å². The van der Waals surface area contributed by atoms with Crippen molar-refractivity contribution >= 4 is 5.97 Å². The van der Waals surface area contributed by atoms with Gasteiger partial charge in [-0.2, -0.15) is 0 Å². The highest BCUT2D eigenvalue weighted by molar-refractivity contribution is 5.68. The van der Waals surface area contributed by atoms with Crippen LogP contribution in [0.3, 0.4) is 0 Å². The Labute approximate surface area is 110 Å². The Morgan fingerprint density at radius 2 is 2.11 bits per heavy atom. The zero-order chi connectivity index (χ0) is 13.0. The van der Waals surface area contributed by atoms with Crippen molar-refractivity contribution in [2.45, 2.75) is 51.0 Å². The average Bonchev–Trinajstić information content (AvgIpc) is 2.95. The molecule has 0 radical (unpaired) electrons. The number of fused-ring (bicyclic) bond motifs is 2. The lowest BCUT2D eigenvalue weighted by Crippen LogP contribution is -2.35. The van der Waals surface area contributed by atoms with Gasteiger partial charge in [0.15, 0.2) is 0 Å². The van der Waals surface area contributed by atoms with Crippen LogP contribution in [0.15, 0.2) is 12.2 Å². The summed E-state index contributed by atoms with van der Waals surface area (Å²) < 4.78 is 4.61. The quantitative estimate of drug-likeness (QED) is 0.448. The van der Waals surface area contributed by atoms with E-state index in [-0.39, 0.29) is 5.97 Å². The van der Waals surface area contributed by atoms with Crippen LogP contribution in [0, 0.1) is 17.8 Å². The van der Waals surface area contributed by atoms with Crippen molar-refractivity contribution in [1.29, 1.82) is 0 Å². The van der Waals surface area contributed by atoms with Crippen LogP contribution in [0.2, 0.25) is 0 Å². The summed E-state index contributed by atoms with van der Waals surface area (Å²) in [6.45, 7) is 0. The van der Waals surface area contributed by atoms with Crippen LogP contribution in [-0.4, -0.2) is 19.1 Å². The Hall–Kier alpha value is -0.830. The first-order valence-electron chi connectivity index (χ1n) is 7.19. The van der Waals surface area contributed by atoms with Gasteiger partial charge >= 0.3 is 5.97 Å². The summed E-state index contributed by atoms with van der Waals surface area (Å²) in [5.41, 5.74) is 6.27. The van der Waals surface area contributed by atoms with Gasteiger partial charge in [0.25, 0.3) is 0 Å². The first-order valence-corrected chi connectivity index (χ1v) is 7.19. The molecule has 0 spiro atoms. The lowest BCUT2D eigenvalue weighted by molar-refractivity contribution is -0.140. The topological polar surface area (TPSA) is 52.3 Å². The second-order valence-corrected chi connectivity index (χ2v) is 5.75. The molecular weight excluding hydrogens is 226 g/mol. The molecule has 2 N–H and O–H groups in total. The van der Waals surface area contributed by atoms with Crippen LogP contribution in [0.25, 0.3) is 0 Å². The molecule has 2 aliphatic rings. The zero-order valence-electron chi connectivity index (χ0n) is 11.3. The summed E-state index contributed by atoms with van der Waals surface area (Å²) in [5.74, 6) is 2.27. The van der Waals surface area contributed by atoms with E-state index in [2.05, 4.69) is 16.9 Å². The van der Waals surface area contributed by atoms with E-state index in [9.17, 15) is 4.79 Å². The highest BCUT2D eigenvalue weighted by Gasteiger charge is 2.44. The number of allylic oxidation sites excluding steroid dienone is 2. The molecule has 2 saturated carbocycles. The minimum absolute atomic E-state index is 0.112. The number of hydrogen-bond donors (Lipinski definition) is 1. The fraction of sp³-hybridized carbons (Fsp3) is 0.800. The van der Waals surface area contributed by atoms with E-state index >= 15 is 0 Å². The Morgan fingerprint density at radius 1 is 1.33 bits per heavy atom. The van der Waals surface area contributed by atoms with E-state index in [0.29, 0.717) is 18.4 Å². The number of esters is 1. The summed E-state index contributed by atoms with van der Waals surface area (Å²) in [4.78, 5) is 10.9. The molecule has 0 aromatic rings. The third kappa shape index (κ3) is 3.14. The highest BCUT2D eigenvalue weighted by atomic mass is 16.5. The molecule has 2 aliphatic carbocycles. The van der Waals surface area contributed by atoms with Crippen molar-refractivity contribution in [3.8, 4) is 0 Å². The molecule has 2 bridgehead atoms. The Balaban J connectivity index is 1.61. The number of hydrogen-bond acceptors (Lipinski definition) is 3. The maximum atomic E-state index is 10.9. The second kappa shape index (κ2) is 6.37. The molecule has 3 nitrogen and oxygen atoms in total. The van der Waals surface area contributed by atoms with Crippen LogP contribution in [0.4, 0.5) is 0 Å². The molecule has 102 valence electrons. The van der Waals surface area contributed by atoms with Crippen LogP contribution in [0.1, 0.15) is 44.9 Å². The van der Waals surface area contributed by atoms with Crippen molar-refractivity contribution in [2.24, 2.45) is 23.5 Å². The fourth-order valence-corrected chi connectivity index (χ4v) is 3.64. The van der Waals surface area contributed by atoms with Gasteiger partial charge in [0, 0.05) is 12.5 Å². The van der Waals surface area contributed by atoms with E-state index in [1.165, 1.54) is 26.4 Å². The number of methoxy groups -OCH3 is 1. The summed E-state index contributed by atoms with van der Waals surface area (Å²) in [6.07, 6.45) is 12.1. The molecule has 1 unspecified atom stereocenters. The molecule has 18 heavy (non-hydrogen) atoms. The minimum Gasteiger partial charge on any atom is -0.469 e. The van der Waals surface area contributed by atoms with E-state index in [1.807, 2.05) is 0 Å². The largest absolute Gasteiger partial charge is 0.469 e. The first-order chi connectivity index (χ1) is 8.72. The predicted octanol–water partition coefficient (Wildman–Crippen LogP) is 2.65. The van der Waals surface area contributed by atoms with Gasteiger partial charge in [-0.05, 0) is 56.3 Å². The predicted molar refractivity (Wildman–Crippen MR) is 71.9 cm³/mol. The van der Waals surface area contributed by atoms with Gasteiger partial charge in [0.1, 0.15) is 0 Å². The van der Waals surface area contributed by atoms with E-state index in [1.54, 1.807) is 0 Å². The van der Waals surface area contributed by atoms with Crippen molar-refractivity contribution in [1.82, 2.24) is 0 Å². The Morgan fingerprint density at radius 3 is 2.78 bits per heavy atom. The van der Waals surface area contributed by atoms with Gasteiger partial charge in [-0.1, -0.05) is 12.2 Å². The molecule has 0 amide bonds. The summed E-state index contributed by atoms with van der Waals surface area (Å²) in [7, 11) is 1.44. The van der Waals surface area contributed by atoms with Crippen LogP contribution >= 0.6 is 0 Å². The van der Waals surface area contributed by atoms with E-state index in [0.717, 1.165) is 31.1 Å². The molecule has 2 rings (SSSR count). The third-order valence-corrected chi connectivity index (χ3v) is 4.71. The van der Waals surface area contributed by atoms with Crippen molar-refractivity contribution in [3.05, 3.63) is 12.2 Å². The standard InChI is InChI=1S/C15H25NO2/c1-18-14(17)7-5-3-2-4-6-13-11-8-9-12(10-11)15(13)16/h2,4,11-13,15H,3,5-10,16H2,1H3/t11-,12+,13+,15?/m0/s1. The first kappa shape index (κ1) is 13.6. The van der Waals surface area contributed by atoms with Crippen LogP contribution in [-0.2, 0) is 9.53 Å². The number of nitrogens with two attached hydrogens (primary N) is 1. The van der Waals surface area contributed by atoms with Crippen LogP contribution < -0.4 is 5.73 Å². The monoisotopic (exact) mass is 251 g/mol. The summed E-state index contributed by atoms with van der Waals surface area (Å²) >= 11 is 0. The minimum atomic E-state index is -0.112. The van der Waals surface area contributed by atoms with Crippen molar-refractivity contribution < 1.29 is 9.53 Å². The molecule has 0 aromatic carbocycles. The Kier molecular flexibility index (Phi) is 4.81. The zero-order valence-corrected chi connectivity index (χ0v) is 11.3. The number of rotatable bonds is 6. The second-order valence-electron chi connectivity index (χ2n) is 5.75. The number of ether oxygens (including phenoxy) is 1. The van der Waals surface area contributed by atoms with E-state index in [4.69, 9.17) is 5.73 Å². The summed E-state index contributed by atoms with van der Waals surface area (Å²) in [5, 5.41) is 0. The SMILES string of the molecule is COC(=O)CCCC=CC[C@H]1C(N)[C@@H]2CC[C@H]1C2. The Bertz CT molecular complexity index is 312. The molecular formula is C15H25NO2. The molecule has 0 aliphatic heterocycles. The number of carbonyl (C=O) groups is 1. The highest BCUT2D eigenvalue weighted by Crippen LogP contribution is 2.48. The lowest BCUT2D eigenvalue weighted by atomic mass is 9.83. The van der Waals surface area contributed by atoms with Crippen LogP contribution in [0.5, 0.6) is 0 Å². The average molecular weight is 251 g/mol. The number of unbranched alkanes of at least 4 members (excludes halogenated alkanes) is 1.